The molecule has 0 bridgehead atoms. The van der Waals surface area contributed by atoms with E-state index in [0.717, 1.165) is 25.1 Å². The molecule has 0 amide bonds. The number of hydrogen-bond donors (Lipinski definition) is 0. The molecular formula is C27H33NO7. The molecule has 2 atom stereocenters. The summed E-state index contributed by atoms with van der Waals surface area (Å²) in [5.74, 6) is 2.86. The Morgan fingerprint density at radius 3 is 2.14 bits per heavy atom. The van der Waals surface area contributed by atoms with Crippen molar-refractivity contribution in [2.24, 2.45) is 0 Å². The van der Waals surface area contributed by atoms with Crippen LogP contribution >= 0.6 is 0 Å². The molecule has 2 aromatic rings. The number of hydrogen-bond acceptors (Lipinski definition) is 8. The average molecular weight is 484 g/mol. The average Bonchev–Trinajstić information content (AvgIpc) is 3.23. The van der Waals surface area contributed by atoms with Crippen LogP contribution in [-0.4, -0.2) is 66.1 Å². The zero-order valence-electron chi connectivity index (χ0n) is 21.2. The van der Waals surface area contributed by atoms with E-state index in [9.17, 15) is 4.79 Å². The molecule has 0 aromatic heterocycles. The van der Waals surface area contributed by atoms with Crippen LogP contribution in [0.3, 0.4) is 0 Å². The summed E-state index contributed by atoms with van der Waals surface area (Å²) in [5, 5.41) is 0. The molecule has 188 valence electrons. The number of carbonyl (C=O) groups is 1. The lowest BCUT2D eigenvalue weighted by molar-refractivity contribution is 0.0578. The number of benzene rings is 2. The molecule has 0 N–H and O–H groups in total. The Kier molecular flexibility index (Phi) is 7.12. The highest BCUT2D eigenvalue weighted by atomic mass is 16.5. The van der Waals surface area contributed by atoms with E-state index in [1.807, 2.05) is 12.1 Å². The van der Waals surface area contributed by atoms with Crippen LogP contribution in [0, 0.1) is 0 Å². The maximum atomic E-state index is 13.1. The summed E-state index contributed by atoms with van der Waals surface area (Å²) in [6.07, 6.45) is 4.44. The third-order valence-electron chi connectivity index (χ3n) is 7.25. The minimum absolute atomic E-state index is 0.0865. The van der Waals surface area contributed by atoms with Gasteiger partial charge in [-0.3, -0.25) is 0 Å². The molecule has 0 spiro atoms. The quantitative estimate of drug-likeness (QED) is 0.517. The molecule has 1 aliphatic heterocycles. The Hall–Kier alpha value is -3.39. The van der Waals surface area contributed by atoms with Gasteiger partial charge in [0.15, 0.2) is 23.0 Å². The summed E-state index contributed by atoms with van der Waals surface area (Å²) in [6.45, 7) is 0.959. The summed E-state index contributed by atoms with van der Waals surface area (Å²) in [5.41, 5.74) is 1.45. The maximum Gasteiger partial charge on any atom is 0.343 e. The van der Waals surface area contributed by atoms with Crippen molar-refractivity contribution in [2.45, 2.75) is 30.7 Å². The first-order valence-electron chi connectivity index (χ1n) is 11.5. The van der Waals surface area contributed by atoms with Gasteiger partial charge in [0.1, 0.15) is 5.76 Å². The van der Waals surface area contributed by atoms with Gasteiger partial charge in [-0.2, -0.15) is 0 Å². The summed E-state index contributed by atoms with van der Waals surface area (Å²) in [7, 11) is 9.96. The van der Waals surface area contributed by atoms with Gasteiger partial charge in [0.25, 0.3) is 0 Å². The summed E-state index contributed by atoms with van der Waals surface area (Å²) in [4.78, 5) is 15.4. The largest absolute Gasteiger partial charge is 0.493 e. The van der Waals surface area contributed by atoms with Gasteiger partial charge >= 0.3 is 5.97 Å². The van der Waals surface area contributed by atoms with Crippen LogP contribution in [0.1, 0.15) is 35.2 Å². The number of carbonyl (C=O) groups excluding carboxylic acids is 1. The van der Waals surface area contributed by atoms with Crippen molar-refractivity contribution in [3.63, 3.8) is 0 Å². The molecule has 2 aromatic carbocycles. The standard InChI is InChI=1S/C27H33NO7/c1-28-12-11-27(18-7-8-20(30-2)21(15-18)31-3)10-9-19(16-24(27)28)35-26(29)17-13-22(32-4)25(34-6)23(14-17)33-5/h7-9,13-15,24H,10-12,16H2,1-6H3. The van der Waals surface area contributed by atoms with E-state index < -0.39 is 5.97 Å². The van der Waals surface area contributed by atoms with Gasteiger partial charge in [-0.15, -0.1) is 0 Å². The third kappa shape index (κ3) is 4.38. The topological polar surface area (TPSA) is 75.7 Å². The first-order valence-corrected chi connectivity index (χ1v) is 11.5. The molecule has 8 nitrogen and oxygen atoms in total. The second-order valence-corrected chi connectivity index (χ2v) is 8.85. The molecule has 35 heavy (non-hydrogen) atoms. The Labute approximate surface area is 206 Å². The van der Waals surface area contributed by atoms with Crippen LogP contribution in [-0.2, 0) is 10.2 Å². The predicted octanol–water partition coefficient (Wildman–Crippen LogP) is 4.21. The van der Waals surface area contributed by atoms with E-state index in [-0.39, 0.29) is 11.5 Å². The number of esters is 1. The molecular weight excluding hydrogens is 450 g/mol. The van der Waals surface area contributed by atoms with Gasteiger partial charge in [0.05, 0.1) is 41.1 Å². The van der Waals surface area contributed by atoms with Crippen LogP contribution in [0.15, 0.2) is 42.2 Å². The van der Waals surface area contributed by atoms with Crippen molar-refractivity contribution in [3.05, 3.63) is 53.3 Å². The first kappa shape index (κ1) is 24.7. The lowest BCUT2D eigenvalue weighted by atomic mass is 9.68. The molecule has 0 radical (unpaired) electrons. The van der Waals surface area contributed by atoms with Crippen molar-refractivity contribution in [2.75, 3.05) is 49.1 Å². The molecule has 2 unspecified atom stereocenters. The molecule has 1 heterocycles. The molecule has 1 saturated heterocycles. The van der Waals surface area contributed by atoms with Gasteiger partial charge in [0, 0.05) is 17.9 Å². The number of rotatable bonds is 8. The molecule has 4 rings (SSSR count). The lowest BCUT2D eigenvalue weighted by Gasteiger charge is -2.40. The second-order valence-electron chi connectivity index (χ2n) is 8.85. The zero-order valence-corrected chi connectivity index (χ0v) is 21.2. The van der Waals surface area contributed by atoms with E-state index in [4.69, 9.17) is 28.4 Å². The predicted molar refractivity (Wildman–Crippen MR) is 131 cm³/mol. The van der Waals surface area contributed by atoms with Gasteiger partial charge < -0.3 is 33.3 Å². The minimum Gasteiger partial charge on any atom is -0.493 e. The van der Waals surface area contributed by atoms with Crippen molar-refractivity contribution >= 4 is 5.97 Å². The van der Waals surface area contributed by atoms with Crippen LogP contribution in [0.2, 0.25) is 0 Å². The Morgan fingerprint density at radius 1 is 0.886 bits per heavy atom. The van der Waals surface area contributed by atoms with Gasteiger partial charge in [-0.05, 0) is 62.3 Å². The summed E-state index contributed by atoms with van der Waals surface area (Å²) < 4.78 is 33.0. The normalized spacial score (nSPS) is 21.5. The Morgan fingerprint density at radius 2 is 1.54 bits per heavy atom. The highest BCUT2D eigenvalue weighted by Crippen LogP contribution is 2.49. The third-order valence-corrected chi connectivity index (χ3v) is 7.25. The van der Waals surface area contributed by atoms with Gasteiger partial charge in [-0.25, -0.2) is 4.79 Å². The van der Waals surface area contributed by atoms with Crippen molar-refractivity contribution < 1.29 is 33.2 Å². The van der Waals surface area contributed by atoms with Crippen LogP contribution in [0.4, 0.5) is 0 Å². The molecule has 1 fully saturated rings. The highest BCUT2D eigenvalue weighted by molar-refractivity contribution is 5.92. The van der Waals surface area contributed by atoms with Gasteiger partial charge in [0.2, 0.25) is 5.75 Å². The highest BCUT2D eigenvalue weighted by Gasteiger charge is 2.49. The van der Waals surface area contributed by atoms with Crippen LogP contribution in [0.5, 0.6) is 28.7 Å². The Bertz CT molecular complexity index is 1100. The number of likely N-dealkylation sites (tertiary alicyclic amines) is 1. The summed E-state index contributed by atoms with van der Waals surface area (Å²) >= 11 is 0. The van der Waals surface area contributed by atoms with Crippen molar-refractivity contribution in [1.29, 1.82) is 0 Å². The van der Waals surface area contributed by atoms with E-state index in [1.165, 1.54) is 26.9 Å². The lowest BCUT2D eigenvalue weighted by Crippen LogP contribution is -2.43. The number of allylic oxidation sites excluding steroid dienone is 1. The number of nitrogens with zero attached hydrogens (tertiary/aromatic N) is 1. The van der Waals surface area contributed by atoms with Crippen molar-refractivity contribution in [1.82, 2.24) is 4.90 Å². The van der Waals surface area contributed by atoms with Crippen molar-refractivity contribution in [3.8, 4) is 28.7 Å². The number of methoxy groups -OCH3 is 5. The smallest absolute Gasteiger partial charge is 0.343 e. The van der Waals surface area contributed by atoms with E-state index >= 15 is 0 Å². The maximum absolute atomic E-state index is 13.1. The number of likely N-dealkylation sites (N-methyl/N-ethyl adjacent to an activating group) is 1. The van der Waals surface area contributed by atoms with E-state index in [2.05, 4.69) is 24.1 Å². The fraction of sp³-hybridized carbons (Fsp3) is 0.444. The Balaban J connectivity index is 1.60. The molecule has 2 aliphatic rings. The summed E-state index contributed by atoms with van der Waals surface area (Å²) in [6, 6.07) is 9.54. The monoisotopic (exact) mass is 483 g/mol. The van der Waals surface area contributed by atoms with Gasteiger partial charge in [-0.1, -0.05) is 6.07 Å². The molecule has 1 aliphatic carbocycles. The fourth-order valence-corrected chi connectivity index (χ4v) is 5.34. The van der Waals surface area contributed by atoms with E-state index in [0.29, 0.717) is 40.7 Å². The van der Waals surface area contributed by atoms with Crippen LogP contribution < -0.4 is 23.7 Å². The zero-order chi connectivity index (χ0) is 25.2. The fourth-order valence-electron chi connectivity index (χ4n) is 5.34. The minimum atomic E-state index is -0.463. The first-order chi connectivity index (χ1) is 16.9. The molecule has 0 saturated carbocycles. The van der Waals surface area contributed by atoms with Crippen LogP contribution in [0.25, 0.3) is 0 Å². The SMILES string of the molecule is COc1ccc(C23CC=C(OC(=O)c4cc(OC)c(OC)c(OC)c4)CC2N(C)CC3)cc1OC. The number of fused-ring (bicyclic) bond motifs is 1. The number of ether oxygens (including phenoxy) is 6. The second kappa shape index (κ2) is 10.1. The molecule has 8 heteroatoms. The van der Waals surface area contributed by atoms with E-state index in [1.54, 1.807) is 26.4 Å².